The Labute approximate surface area is 93.8 Å². The van der Waals surface area contributed by atoms with E-state index >= 15 is 0 Å². The van der Waals surface area contributed by atoms with Gasteiger partial charge in [-0.25, -0.2) is 5.11 Å². The Balaban J connectivity index is 0. The Bertz CT molecular complexity index is 141. The van der Waals surface area contributed by atoms with Crippen LogP contribution in [0.4, 0.5) is 0 Å². The molecule has 0 aliphatic carbocycles. The van der Waals surface area contributed by atoms with Gasteiger partial charge in [0.15, 0.2) is 0 Å². The number of esters is 1. The van der Waals surface area contributed by atoms with E-state index in [2.05, 4.69) is 6.92 Å². The first-order valence-corrected chi connectivity index (χ1v) is 5.67. The zero-order chi connectivity index (χ0) is 12.3. The van der Waals surface area contributed by atoms with Crippen molar-refractivity contribution >= 4 is 5.97 Å². The molecule has 0 spiro atoms. The standard InChI is InChI=1S/C8H16O2.C4H9O/c1-3-5-6-7-8(9)10-4-2;1-4(2,3)5/h3-7H2,1-2H3;1-3H3. The lowest BCUT2D eigenvalue weighted by molar-refractivity contribution is -0.143. The van der Waals surface area contributed by atoms with E-state index in [0.717, 1.165) is 19.3 Å². The van der Waals surface area contributed by atoms with Gasteiger partial charge in [-0.1, -0.05) is 19.8 Å². The summed E-state index contributed by atoms with van der Waals surface area (Å²) in [5.74, 6) is -0.0593. The summed E-state index contributed by atoms with van der Waals surface area (Å²) in [6, 6.07) is 0. The maximum Gasteiger partial charge on any atom is 0.305 e. The van der Waals surface area contributed by atoms with Crippen LogP contribution in [0.15, 0.2) is 0 Å². The second-order valence-electron chi connectivity index (χ2n) is 4.37. The lowest BCUT2D eigenvalue weighted by Crippen LogP contribution is -2.07. The van der Waals surface area contributed by atoms with Gasteiger partial charge in [-0.15, -0.1) is 0 Å². The summed E-state index contributed by atoms with van der Waals surface area (Å²) in [5.41, 5.74) is -0.750. The van der Waals surface area contributed by atoms with Gasteiger partial charge in [-0.2, -0.15) is 0 Å². The average Bonchev–Trinajstić information content (AvgIpc) is 2.02. The van der Waals surface area contributed by atoms with E-state index in [4.69, 9.17) is 4.74 Å². The van der Waals surface area contributed by atoms with Crippen molar-refractivity contribution in [3.05, 3.63) is 0 Å². The molecule has 3 heteroatoms. The largest absolute Gasteiger partial charge is 0.466 e. The maximum absolute atomic E-state index is 10.7. The smallest absolute Gasteiger partial charge is 0.305 e. The Hall–Kier alpha value is -0.570. The number of carbonyl (C=O) groups is 1. The molecule has 0 unspecified atom stereocenters. The van der Waals surface area contributed by atoms with Gasteiger partial charge in [-0.3, -0.25) is 4.79 Å². The first kappa shape index (κ1) is 16.8. The summed E-state index contributed by atoms with van der Waals surface area (Å²) in [6.45, 7) is 9.35. The van der Waals surface area contributed by atoms with Crippen molar-refractivity contribution in [3.8, 4) is 0 Å². The topological polar surface area (TPSA) is 46.2 Å². The molecule has 0 aliphatic rings. The fourth-order valence-corrected chi connectivity index (χ4v) is 0.752. The molecule has 0 heterocycles. The van der Waals surface area contributed by atoms with Gasteiger partial charge in [0.25, 0.3) is 0 Å². The number of carbonyl (C=O) groups excluding carboxylic acids is 1. The summed E-state index contributed by atoms with van der Waals surface area (Å²) in [6.07, 6.45) is 3.83. The molecule has 0 saturated heterocycles. The summed E-state index contributed by atoms with van der Waals surface area (Å²) in [7, 11) is 0. The van der Waals surface area contributed by atoms with Crippen molar-refractivity contribution in [2.75, 3.05) is 6.61 Å². The van der Waals surface area contributed by atoms with Crippen LogP contribution in [-0.2, 0) is 14.6 Å². The Morgan fingerprint density at radius 2 is 1.60 bits per heavy atom. The number of rotatable bonds is 5. The lowest BCUT2D eigenvalue weighted by Gasteiger charge is -2.00. The van der Waals surface area contributed by atoms with E-state index in [0.29, 0.717) is 13.0 Å². The summed E-state index contributed by atoms with van der Waals surface area (Å²) in [4.78, 5) is 10.7. The quantitative estimate of drug-likeness (QED) is 0.523. The summed E-state index contributed by atoms with van der Waals surface area (Å²) in [5, 5.41) is 10.1. The van der Waals surface area contributed by atoms with E-state index < -0.39 is 5.60 Å². The summed E-state index contributed by atoms with van der Waals surface area (Å²) < 4.78 is 4.75. The van der Waals surface area contributed by atoms with Gasteiger partial charge < -0.3 is 4.74 Å². The molecule has 91 valence electrons. The molecule has 0 aromatic rings. The molecule has 15 heavy (non-hydrogen) atoms. The Kier molecular flexibility index (Phi) is 11.2. The van der Waals surface area contributed by atoms with Gasteiger partial charge in [0.2, 0.25) is 0 Å². The van der Waals surface area contributed by atoms with Crippen LogP contribution >= 0.6 is 0 Å². The van der Waals surface area contributed by atoms with Crippen LogP contribution in [0.2, 0.25) is 0 Å². The predicted molar refractivity (Wildman–Crippen MR) is 61.2 cm³/mol. The molecule has 0 bridgehead atoms. The monoisotopic (exact) mass is 217 g/mol. The van der Waals surface area contributed by atoms with Gasteiger partial charge in [0.05, 0.1) is 12.2 Å². The van der Waals surface area contributed by atoms with E-state index in [1.165, 1.54) is 0 Å². The van der Waals surface area contributed by atoms with Gasteiger partial charge in [0, 0.05) is 6.42 Å². The molecule has 1 radical (unpaired) electrons. The van der Waals surface area contributed by atoms with Crippen LogP contribution in [0.1, 0.15) is 60.3 Å². The molecule has 0 rings (SSSR count). The minimum absolute atomic E-state index is 0.0593. The number of unbranched alkanes of at least 4 members (excludes halogenated alkanes) is 2. The molecule has 0 amide bonds. The van der Waals surface area contributed by atoms with Crippen LogP contribution in [0.3, 0.4) is 0 Å². The van der Waals surface area contributed by atoms with Crippen LogP contribution in [0, 0.1) is 0 Å². The van der Waals surface area contributed by atoms with Crippen molar-refractivity contribution < 1.29 is 14.6 Å². The first-order chi connectivity index (χ1) is 6.81. The third kappa shape index (κ3) is 31.8. The number of hydrogen-bond donors (Lipinski definition) is 0. The highest BCUT2D eigenvalue weighted by molar-refractivity contribution is 5.69. The molecule has 0 aromatic heterocycles. The zero-order valence-corrected chi connectivity index (χ0v) is 10.8. The highest BCUT2D eigenvalue weighted by Crippen LogP contribution is 1.99. The molecule has 0 aromatic carbocycles. The van der Waals surface area contributed by atoms with Gasteiger partial charge >= 0.3 is 5.97 Å². The van der Waals surface area contributed by atoms with Crippen LogP contribution in [0.5, 0.6) is 0 Å². The lowest BCUT2D eigenvalue weighted by atomic mass is 10.2. The van der Waals surface area contributed by atoms with Crippen LogP contribution in [-0.4, -0.2) is 18.2 Å². The second-order valence-corrected chi connectivity index (χ2v) is 4.37. The highest BCUT2D eigenvalue weighted by atomic mass is 16.5. The van der Waals surface area contributed by atoms with E-state index in [-0.39, 0.29) is 5.97 Å². The molecule has 3 nitrogen and oxygen atoms in total. The normalized spacial score (nSPS) is 10.3. The number of ether oxygens (including phenoxy) is 1. The third-order valence-electron chi connectivity index (χ3n) is 1.29. The fraction of sp³-hybridized carbons (Fsp3) is 0.917. The Morgan fingerprint density at radius 3 is 1.93 bits per heavy atom. The molecular formula is C12H25O3. The van der Waals surface area contributed by atoms with Crippen molar-refractivity contribution in [2.45, 2.75) is 65.9 Å². The van der Waals surface area contributed by atoms with Gasteiger partial charge in [-0.05, 0) is 34.1 Å². The molecule has 0 saturated carbocycles. The van der Waals surface area contributed by atoms with Crippen LogP contribution < -0.4 is 0 Å². The average molecular weight is 217 g/mol. The van der Waals surface area contributed by atoms with Crippen molar-refractivity contribution in [1.29, 1.82) is 0 Å². The molecular weight excluding hydrogens is 192 g/mol. The predicted octanol–water partition coefficient (Wildman–Crippen LogP) is 3.35. The van der Waals surface area contributed by atoms with Gasteiger partial charge in [0.1, 0.15) is 0 Å². The highest BCUT2D eigenvalue weighted by Gasteiger charge is 2.01. The van der Waals surface area contributed by atoms with E-state index in [1.807, 2.05) is 6.92 Å². The maximum atomic E-state index is 10.7. The van der Waals surface area contributed by atoms with E-state index in [1.54, 1.807) is 20.8 Å². The first-order valence-electron chi connectivity index (χ1n) is 5.67. The van der Waals surface area contributed by atoms with E-state index in [9.17, 15) is 9.90 Å². The fourth-order valence-electron chi connectivity index (χ4n) is 0.752. The third-order valence-corrected chi connectivity index (χ3v) is 1.29. The van der Waals surface area contributed by atoms with Crippen molar-refractivity contribution in [2.24, 2.45) is 0 Å². The Morgan fingerprint density at radius 1 is 1.13 bits per heavy atom. The number of hydrogen-bond acceptors (Lipinski definition) is 2. The molecule has 0 N–H and O–H groups in total. The SMILES string of the molecule is CC(C)(C)[O].CCCCCC(=O)OCC. The minimum Gasteiger partial charge on any atom is -0.466 e. The zero-order valence-electron chi connectivity index (χ0n) is 10.8. The molecule has 0 aliphatic heterocycles. The van der Waals surface area contributed by atoms with Crippen molar-refractivity contribution in [3.63, 3.8) is 0 Å². The summed E-state index contributed by atoms with van der Waals surface area (Å²) >= 11 is 0. The van der Waals surface area contributed by atoms with Crippen LogP contribution in [0.25, 0.3) is 0 Å². The minimum atomic E-state index is -0.750. The second kappa shape index (κ2) is 9.97. The molecule has 0 fully saturated rings. The van der Waals surface area contributed by atoms with Crippen molar-refractivity contribution in [1.82, 2.24) is 0 Å². The molecule has 0 atom stereocenters.